The molecule has 2 amide bonds. The molecule has 1 aliphatic rings. The number of nitrogens with one attached hydrogen (secondary N) is 3. The highest BCUT2D eigenvalue weighted by Gasteiger charge is 2.31. The second-order valence-corrected chi connectivity index (χ2v) is 11.3. The maximum atomic E-state index is 12.6. The van der Waals surface area contributed by atoms with Crippen LogP contribution in [0, 0.1) is 0 Å². The molecule has 2 unspecified atom stereocenters. The largest absolute Gasteiger partial charge is 0.481 e. The van der Waals surface area contributed by atoms with Crippen LogP contribution in [-0.4, -0.2) is 62.0 Å². The van der Waals surface area contributed by atoms with Crippen LogP contribution >= 0.6 is 0 Å². The number of carbonyl (C=O) groups is 3. The number of benzene rings is 2. The maximum absolute atomic E-state index is 12.6. The zero-order valence-electron chi connectivity index (χ0n) is 21.4. The van der Waals surface area contributed by atoms with Crippen molar-refractivity contribution in [2.75, 3.05) is 6.54 Å². The van der Waals surface area contributed by atoms with Crippen molar-refractivity contribution in [3.8, 4) is 11.5 Å². The average Bonchev–Trinajstić information content (AvgIpc) is 2.82. The number of sulfonamides is 1. The molecule has 0 saturated carbocycles. The summed E-state index contributed by atoms with van der Waals surface area (Å²) >= 11 is 0. The van der Waals surface area contributed by atoms with Crippen LogP contribution in [0.4, 0.5) is 4.79 Å². The molecule has 13 heteroatoms. The average molecular weight is 550 g/mol. The molecule has 2 aromatic carbocycles. The molecule has 2 aromatic rings. The predicted molar refractivity (Wildman–Crippen MR) is 135 cm³/mol. The third-order valence-corrected chi connectivity index (χ3v) is 6.67. The summed E-state index contributed by atoms with van der Waals surface area (Å²) in [5.41, 5.74) is -0.251. The van der Waals surface area contributed by atoms with Crippen LogP contribution in [0.1, 0.15) is 33.3 Å². The third kappa shape index (κ3) is 8.08. The fourth-order valence-electron chi connectivity index (χ4n) is 3.46. The molecule has 0 aliphatic carbocycles. The molecule has 12 nitrogen and oxygen atoms in total. The molecule has 0 aromatic heterocycles. The summed E-state index contributed by atoms with van der Waals surface area (Å²) in [6.45, 7) is 6.43. The number of alkyl carbamates (subject to hydrolysis) is 1. The van der Waals surface area contributed by atoms with E-state index in [1.807, 2.05) is 0 Å². The van der Waals surface area contributed by atoms with Crippen LogP contribution in [0.5, 0.6) is 11.5 Å². The molecule has 206 valence electrons. The number of carboxylic acids is 1. The van der Waals surface area contributed by atoms with E-state index in [9.17, 15) is 27.9 Å². The Labute approximate surface area is 220 Å². The minimum atomic E-state index is -4.07. The van der Waals surface area contributed by atoms with E-state index in [-0.39, 0.29) is 23.6 Å². The van der Waals surface area contributed by atoms with Crippen LogP contribution in [-0.2, 0) is 30.8 Å². The van der Waals surface area contributed by atoms with Crippen molar-refractivity contribution in [2.45, 2.75) is 63.0 Å². The van der Waals surface area contributed by atoms with Gasteiger partial charge in [-0.3, -0.25) is 9.59 Å². The predicted octanol–water partition coefficient (Wildman–Crippen LogP) is 1.79. The molecule has 0 bridgehead atoms. The quantitative estimate of drug-likeness (QED) is 0.364. The summed E-state index contributed by atoms with van der Waals surface area (Å²) < 4.78 is 44.2. The molecule has 38 heavy (non-hydrogen) atoms. The second kappa shape index (κ2) is 11.7. The number of carboxylic acid groups (broad SMARTS) is 1. The molecule has 0 saturated heterocycles. The number of rotatable bonds is 9. The number of amides is 2. The molecule has 1 heterocycles. The summed E-state index contributed by atoms with van der Waals surface area (Å²) in [6.07, 6.45) is -2.40. The lowest BCUT2D eigenvalue weighted by Crippen LogP contribution is -2.52. The lowest BCUT2D eigenvalue weighted by molar-refractivity contribution is -0.139. The first kappa shape index (κ1) is 28.7. The molecule has 3 rings (SSSR count). The maximum Gasteiger partial charge on any atom is 0.408 e. The molecular formula is C25H31N3O9S. The molecule has 0 spiro atoms. The van der Waals surface area contributed by atoms with Gasteiger partial charge in [0.2, 0.25) is 22.2 Å². The van der Waals surface area contributed by atoms with Gasteiger partial charge in [-0.1, -0.05) is 24.3 Å². The van der Waals surface area contributed by atoms with Crippen LogP contribution < -0.4 is 24.8 Å². The number of fused-ring (bicyclic) bond motifs is 1. The van der Waals surface area contributed by atoms with Gasteiger partial charge in [0.15, 0.2) is 17.6 Å². The SMILES string of the molecule is CC1Oc2ccc(C[C@H](NS(=O)(=O)c3ccccc3)C(=O)O)cc2OC1NC(=O)CNC(=O)OC(C)(C)C. The van der Waals surface area contributed by atoms with Crippen molar-refractivity contribution >= 4 is 28.0 Å². The van der Waals surface area contributed by atoms with Gasteiger partial charge in [0.1, 0.15) is 18.2 Å². The molecule has 4 N–H and O–H groups in total. The third-order valence-electron chi connectivity index (χ3n) is 5.19. The number of hydrogen-bond acceptors (Lipinski definition) is 8. The van der Waals surface area contributed by atoms with Crippen LogP contribution in [0.2, 0.25) is 0 Å². The van der Waals surface area contributed by atoms with Gasteiger partial charge in [-0.05, 0) is 63.9 Å². The van der Waals surface area contributed by atoms with E-state index in [0.717, 1.165) is 0 Å². The van der Waals surface area contributed by atoms with Crippen molar-refractivity contribution in [1.29, 1.82) is 0 Å². The van der Waals surface area contributed by atoms with Crippen molar-refractivity contribution in [2.24, 2.45) is 0 Å². The van der Waals surface area contributed by atoms with Crippen molar-refractivity contribution in [3.05, 3.63) is 54.1 Å². The normalized spacial score (nSPS) is 17.7. The standard InChI is InChI=1S/C25H31N3O9S/c1-15-22(27-21(29)14-26-24(32)37-25(2,3)4)36-20-13-16(10-11-19(20)35-15)12-18(23(30)31)28-38(33,34)17-8-6-5-7-9-17/h5-11,13,15,18,22,28H,12,14H2,1-4H3,(H,26,32)(H,27,29)(H,30,31)/t15?,18-,22?/m0/s1. The Morgan fingerprint density at radius 2 is 1.74 bits per heavy atom. The molecule has 3 atom stereocenters. The summed E-state index contributed by atoms with van der Waals surface area (Å²) in [6, 6.07) is 10.7. The smallest absolute Gasteiger partial charge is 0.408 e. The van der Waals surface area contributed by atoms with E-state index in [1.165, 1.54) is 30.3 Å². The topological polar surface area (TPSA) is 169 Å². The van der Waals surface area contributed by atoms with Gasteiger partial charge in [-0.15, -0.1) is 0 Å². The van der Waals surface area contributed by atoms with Gasteiger partial charge in [-0.2, -0.15) is 4.72 Å². The Kier molecular flexibility index (Phi) is 8.84. The number of carbonyl (C=O) groups excluding carboxylic acids is 2. The van der Waals surface area contributed by atoms with Gasteiger partial charge in [-0.25, -0.2) is 13.2 Å². The lowest BCUT2D eigenvalue weighted by Gasteiger charge is -2.32. The zero-order valence-corrected chi connectivity index (χ0v) is 22.2. The summed E-state index contributed by atoms with van der Waals surface area (Å²) in [5, 5.41) is 14.6. The van der Waals surface area contributed by atoms with Crippen molar-refractivity contribution < 1.29 is 42.1 Å². The molecule has 1 aliphatic heterocycles. The van der Waals surface area contributed by atoms with Gasteiger partial charge < -0.3 is 30.0 Å². The fraction of sp³-hybridized carbons (Fsp3) is 0.400. The first-order chi connectivity index (χ1) is 17.7. The van der Waals surface area contributed by atoms with Gasteiger partial charge in [0.05, 0.1) is 4.90 Å². The van der Waals surface area contributed by atoms with Crippen molar-refractivity contribution in [1.82, 2.24) is 15.4 Å². The van der Waals surface area contributed by atoms with Crippen LogP contribution in [0.3, 0.4) is 0 Å². The van der Waals surface area contributed by atoms with Gasteiger partial charge in [0, 0.05) is 0 Å². The molecule has 0 fully saturated rings. The second-order valence-electron chi connectivity index (χ2n) is 9.59. The van der Waals surface area contributed by atoms with Gasteiger partial charge >= 0.3 is 12.1 Å². The Hall–Kier alpha value is -3.84. The molecular weight excluding hydrogens is 518 g/mol. The lowest BCUT2D eigenvalue weighted by atomic mass is 10.1. The Bertz CT molecular complexity index is 1280. The highest BCUT2D eigenvalue weighted by molar-refractivity contribution is 7.89. The molecule has 0 radical (unpaired) electrons. The Balaban J connectivity index is 1.65. The number of hydrogen-bond donors (Lipinski definition) is 4. The highest BCUT2D eigenvalue weighted by atomic mass is 32.2. The summed E-state index contributed by atoms with van der Waals surface area (Å²) in [7, 11) is -4.07. The Morgan fingerprint density at radius 1 is 1.05 bits per heavy atom. The van der Waals surface area contributed by atoms with E-state index in [4.69, 9.17) is 14.2 Å². The minimum Gasteiger partial charge on any atom is -0.481 e. The zero-order chi connectivity index (χ0) is 28.1. The van der Waals surface area contributed by atoms with E-state index < -0.39 is 52.0 Å². The summed E-state index contributed by atoms with van der Waals surface area (Å²) in [5.74, 6) is -1.29. The van der Waals surface area contributed by atoms with E-state index in [2.05, 4.69) is 15.4 Å². The minimum absolute atomic E-state index is 0.0536. The van der Waals surface area contributed by atoms with Crippen LogP contribution in [0.25, 0.3) is 0 Å². The number of ether oxygens (including phenoxy) is 3. The fourth-order valence-corrected chi connectivity index (χ4v) is 4.67. The van der Waals surface area contributed by atoms with Crippen molar-refractivity contribution in [3.63, 3.8) is 0 Å². The van der Waals surface area contributed by atoms with E-state index in [0.29, 0.717) is 11.3 Å². The monoisotopic (exact) mass is 549 g/mol. The van der Waals surface area contributed by atoms with E-state index in [1.54, 1.807) is 45.9 Å². The number of aliphatic carboxylic acids is 1. The first-order valence-electron chi connectivity index (χ1n) is 11.8. The van der Waals surface area contributed by atoms with Crippen LogP contribution in [0.15, 0.2) is 53.4 Å². The van der Waals surface area contributed by atoms with E-state index >= 15 is 0 Å². The highest BCUT2D eigenvalue weighted by Crippen LogP contribution is 2.34. The summed E-state index contributed by atoms with van der Waals surface area (Å²) in [4.78, 5) is 35.9. The Morgan fingerprint density at radius 3 is 2.37 bits per heavy atom. The first-order valence-corrected chi connectivity index (χ1v) is 13.2. The van der Waals surface area contributed by atoms with Gasteiger partial charge in [0.25, 0.3) is 0 Å².